The highest BCUT2D eigenvalue weighted by molar-refractivity contribution is 5.97. The molecule has 1 atom stereocenters. The summed E-state index contributed by atoms with van der Waals surface area (Å²) >= 11 is 0. The van der Waals surface area contributed by atoms with E-state index in [-0.39, 0.29) is 18.4 Å². The summed E-state index contributed by atoms with van der Waals surface area (Å²) in [6, 6.07) is 9.58. The fraction of sp³-hybridized carbons (Fsp3) is 0.389. The molecule has 132 valence electrons. The Hall–Kier alpha value is -2.67. The van der Waals surface area contributed by atoms with Gasteiger partial charge in [-0.2, -0.15) is 5.10 Å². The third-order valence-electron chi connectivity index (χ3n) is 4.24. The molecule has 3 rings (SSSR count). The van der Waals surface area contributed by atoms with E-state index in [9.17, 15) is 14.7 Å². The number of nitrogens with zero attached hydrogens (tertiary/aromatic N) is 3. The molecule has 1 aliphatic heterocycles. The van der Waals surface area contributed by atoms with Gasteiger partial charge >= 0.3 is 0 Å². The molecule has 2 N–H and O–H groups in total. The van der Waals surface area contributed by atoms with Gasteiger partial charge in [0.05, 0.1) is 12.2 Å². The number of aliphatic hydroxyl groups excluding tert-OH is 1. The molecule has 1 aromatic carbocycles. The molecule has 2 aromatic rings. The van der Waals surface area contributed by atoms with Gasteiger partial charge in [0.2, 0.25) is 5.91 Å². The Morgan fingerprint density at radius 2 is 2.08 bits per heavy atom. The molecule has 1 fully saturated rings. The Morgan fingerprint density at radius 3 is 2.84 bits per heavy atom. The third-order valence-corrected chi connectivity index (χ3v) is 4.24. The van der Waals surface area contributed by atoms with Crippen LogP contribution < -0.4 is 5.32 Å². The van der Waals surface area contributed by atoms with Gasteiger partial charge in [-0.1, -0.05) is 30.3 Å². The molecule has 1 unspecified atom stereocenters. The molecule has 0 spiro atoms. The molecule has 0 bridgehead atoms. The summed E-state index contributed by atoms with van der Waals surface area (Å²) in [5, 5.41) is 17.0. The highest BCUT2D eigenvalue weighted by Gasteiger charge is 2.26. The number of rotatable bonds is 4. The summed E-state index contributed by atoms with van der Waals surface area (Å²) in [6.45, 7) is 0.418. The molecule has 25 heavy (non-hydrogen) atoms. The summed E-state index contributed by atoms with van der Waals surface area (Å²) in [5.74, 6) is -0.672. The number of hydrogen-bond donors (Lipinski definition) is 2. The molecule has 0 saturated carbocycles. The zero-order valence-electron chi connectivity index (χ0n) is 14.2. The van der Waals surface area contributed by atoms with E-state index in [2.05, 4.69) is 10.4 Å². The van der Waals surface area contributed by atoms with Gasteiger partial charge in [-0.15, -0.1) is 0 Å². The molecule has 7 heteroatoms. The predicted octanol–water partition coefficient (Wildman–Crippen LogP) is 1.40. The fourth-order valence-electron chi connectivity index (χ4n) is 2.99. The number of carbonyl (C=O) groups excluding carboxylic acids is 2. The molecule has 2 heterocycles. The van der Waals surface area contributed by atoms with Crippen LogP contribution >= 0.6 is 0 Å². The number of benzene rings is 1. The Bertz CT molecular complexity index is 757. The van der Waals surface area contributed by atoms with Crippen molar-refractivity contribution in [2.45, 2.75) is 25.4 Å². The van der Waals surface area contributed by atoms with Gasteiger partial charge < -0.3 is 15.3 Å². The number of carbonyl (C=O) groups is 2. The van der Waals surface area contributed by atoms with Crippen LogP contribution in [0.25, 0.3) is 11.3 Å². The van der Waals surface area contributed by atoms with Crippen LogP contribution in [-0.2, 0) is 16.6 Å². The minimum Gasteiger partial charge on any atom is -0.383 e. The number of anilines is 1. The van der Waals surface area contributed by atoms with Crippen LogP contribution in [0.1, 0.15) is 19.3 Å². The number of aromatic nitrogens is 2. The maximum Gasteiger partial charge on any atom is 0.251 e. The second-order valence-electron chi connectivity index (χ2n) is 6.25. The first-order chi connectivity index (χ1) is 12.0. The molecule has 0 aliphatic carbocycles. The van der Waals surface area contributed by atoms with Crippen molar-refractivity contribution in [2.75, 3.05) is 18.4 Å². The standard InChI is InChI=1S/C18H22N4O3/c1-21-11-14(17(20-21)13-7-3-2-4-8-13)19-16(24)12-22-10-6-5-9-15(23)18(22)25/h2-4,7-8,11,15,23H,5-6,9-10,12H2,1H3,(H,19,24). The number of aliphatic hydroxyl groups is 1. The van der Waals surface area contributed by atoms with Crippen molar-refractivity contribution >= 4 is 17.5 Å². The second-order valence-corrected chi connectivity index (χ2v) is 6.25. The van der Waals surface area contributed by atoms with Crippen LogP contribution in [0.4, 0.5) is 5.69 Å². The smallest absolute Gasteiger partial charge is 0.251 e. The Morgan fingerprint density at radius 1 is 1.32 bits per heavy atom. The second kappa shape index (κ2) is 7.48. The van der Waals surface area contributed by atoms with E-state index >= 15 is 0 Å². The molecule has 0 radical (unpaired) electrons. The van der Waals surface area contributed by atoms with Crippen LogP contribution in [0.15, 0.2) is 36.5 Å². The average molecular weight is 342 g/mol. The van der Waals surface area contributed by atoms with Crippen LogP contribution in [-0.4, -0.2) is 50.8 Å². The maximum atomic E-state index is 12.4. The number of likely N-dealkylation sites (tertiary alicyclic amines) is 1. The zero-order valence-corrected chi connectivity index (χ0v) is 14.2. The zero-order chi connectivity index (χ0) is 17.8. The SMILES string of the molecule is Cn1cc(NC(=O)CN2CCCCC(O)C2=O)c(-c2ccccc2)n1. The summed E-state index contributed by atoms with van der Waals surface area (Å²) in [4.78, 5) is 25.9. The molecular formula is C18H22N4O3. The minimum absolute atomic E-state index is 0.0704. The molecule has 1 aliphatic rings. The monoisotopic (exact) mass is 342 g/mol. The van der Waals surface area contributed by atoms with Crippen molar-refractivity contribution in [3.8, 4) is 11.3 Å². The van der Waals surface area contributed by atoms with Crippen LogP contribution in [0.2, 0.25) is 0 Å². The molecular weight excluding hydrogens is 320 g/mol. The van der Waals surface area contributed by atoms with Crippen molar-refractivity contribution in [2.24, 2.45) is 7.05 Å². The van der Waals surface area contributed by atoms with Crippen LogP contribution in [0.3, 0.4) is 0 Å². The lowest BCUT2D eigenvalue weighted by molar-refractivity contribution is -0.141. The van der Waals surface area contributed by atoms with Gasteiger partial charge in [0.1, 0.15) is 11.8 Å². The maximum absolute atomic E-state index is 12.4. The molecule has 1 aromatic heterocycles. The lowest BCUT2D eigenvalue weighted by Crippen LogP contribution is -2.42. The van der Waals surface area contributed by atoms with E-state index in [0.717, 1.165) is 18.4 Å². The van der Waals surface area contributed by atoms with E-state index in [4.69, 9.17) is 0 Å². The van der Waals surface area contributed by atoms with Gasteiger partial charge in [-0.25, -0.2) is 0 Å². The first kappa shape index (κ1) is 17.2. The largest absolute Gasteiger partial charge is 0.383 e. The van der Waals surface area contributed by atoms with Crippen molar-refractivity contribution in [3.63, 3.8) is 0 Å². The summed E-state index contributed by atoms with van der Waals surface area (Å²) < 4.78 is 1.64. The average Bonchev–Trinajstić information content (AvgIpc) is 2.89. The summed E-state index contributed by atoms with van der Waals surface area (Å²) in [6.07, 6.45) is 2.76. The molecule has 7 nitrogen and oxygen atoms in total. The van der Waals surface area contributed by atoms with Gasteiger partial charge in [0.15, 0.2) is 0 Å². The highest BCUT2D eigenvalue weighted by Crippen LogP contribution is 2.26. The van der Waals surface area contributed by atoms with Crippen molar-refractivity contribution in [3.05, 3.63) is 36.5 Å². The van der Waals surface area contributed by atoms with Gasteiger partial charge in [-0.3, -0.25) is 14.3 Å². The Kier molecular flexibility index (Phi) is 5.14. The van der Waals surface area contributed by atoms with E-state index in [0.29, 0.717) is 24.3 Å². The molecule has 2 amide bonds. The fourth-order valence-corrected chi connectivity index (χ4v) is 2.99. The van der Waals surface area contributed by atoms with Gasteiger partial charge in [-0.05, 0) is 19.3 Å². The normalized spacial score (nSPS) is 18.1. The number of nitrogens with one attached hydrogen (secondary N) is 1. The number of aryl methyl sites for hydroxylation is 1. The highest BCUT2D eigenvalue weighted by atomic mass is 16.3. The van der Waals surface area contributed by atoms with E-state index < -0.39 is 6.10 Å². The van der Waals surface area contributed by atoms with Crippen LogP contribution in [0.5, 0.6) is 0 Å². The van der Waals surface area contributed by atoms with Crippen molar-refractivity contribution < 1.29 is 14.7 Å². The number of amides is 2. The van der Waals surface area contributed by atoms with Crippen molar-refractivity contribution in [1.82, 2.24) is 14.7 Å². The topological polar surface area (TPSA) is 87.5 Å². The first-order valence-electron chi connectivity index (χ1n) is 8.40. The lowest BCUT2D eigenvalue weighted by Gasteiger charge is -2.21. The predicted molar refractivity (Wildman–Crippen MR) is 93.7 cm³/mol. The Labute approximate surface area is 146 Å². The summed E-state index contributed by atoms with van der Waals surface area (Å²) in [5.41, 5.74) is 2.18. The number of hydrogen-bond acceptors (Lipinski definition) is 4. The third kappa shape index (κ3) is 4.06. The van der Waals surface area contributed by atoms with Gasteiger partial charge in [0.25, 0.3) is 5.91 Å². The van der Waals surface area contributed by atoms with Crippen LogP contribution in [0, 0.1) is 0 Å². The minimum atomic E-state index is -1.01. The first-order valence-corrected chi connectivity index (χ1v) is 8.40. The molecule has 1 saturated heterocycles. The summed E-state index contributed by atoms with van der Waals surface area (Å²) in [7, 11) is 1.79. The van der Waals surface area contributed by atoms with E-state index in [1.807, 2.05) is 30.3 Å². The van der Waals surface area contributed by atoms with Crippen molar-refractivity contribution in [1.29, 1.82) is 0 Å². The van der Waals surface area contributed by atoms with E-state index in [1.54, 1.807) is 17.9 Å². The Balaban J connectivity index is 1.72. The van der Waals surface area contributed by atoms with Gasteiger partial charge in [0, 0.05) is 25.4 Å². The quantitative estimate of drug-likeness (QED) is 0.879. The lowest BCUT2D eigenvalue weighted by atomic mass is 10.1. The van der Waals surface area contributed by atoms with E-state index in [1.165, 1.54) is 4.90 Å².